The molecule has 2 aliphatic rings. The predicted molar refractivity (Wildman–Crippen MR) is 106 cm³/mol. The highest BCUT2D eigenvalue weighted by Crippen LogP contribution is 2.33. The largest absolute Gasteiger partial charge is 0.493 e. The number of rotatable bonds is 5. The van der Waals surface area contributed by atoms with Crippen molar-refractivity contribution in [1.29, 1.82) is 0 Å². The highest BCUT2D eigenvalue weighted by atomic mass is 32.2. The van der Waals surface area contributed by atoms with E-state index in [1.165, 1.54) is 11.1 Å². The Labute approximate surface area is 161 Å². The normalized spacial score (nSPS) is 21.7. The maximum atomic E-state index is 11.7. The minimum atomic E-state index is -2.86. The molecule has 2 aliphatic heterocycles. The number of sulfone groups is 1. The van der Waals surface area contributed by atoms with Gasteiger partial charge in [0.05, 0.1) is 25.7 Å². The predicted octanol–water partition coefficient (Wildman–Crippen LogP) is 1.46. The van der Waals surface area contributed by atoms with E-state index in [1.807, 2.05) is 13.0 Å². The molecule has 0 saturated carbocycles. The Bertz CT molecular complexity index is 807. The number of nitrogens with one attached hydrogen (secondary N) is 1. The van der Waals surface area contributed by atoms with E-state index < -0.39 is 9.84 Å². The van der Waals surface area contributed by atoms with Gasteiger partial charge in [-0.1, -0.05) is 0 Å². The van der Waals surface area contributed by atoms with Crippen LogP contribution in [0.15, 0.2) is 17.1 Å². The van der Waals surface area contributed by atoms with Crippen LogP contribution in [0.5, 0.6) is 11.5 Å². The number of guanidine groups is 1. The Morgan fingerprint density at radius 3 is 2.56 bits per heavy atom. The number of fused-ring (bicyclic) bond motifs is 1. The lowest BCUT2D eigenvalue weighted by molar-refractivity contribution is 0.345. The summed E-state index contributed by atoms with van der Waals surface area (Å²) in [5.74, 6) is 3.02. The second kappa shape index (κ2) is 8.37. The van der Waals surface area contributed by atoms with Crippen LogP contribution < -0.4 is 14.8 Å². The quantitative estimate of drug-likeness (QED) is 0.601. The lowest BCUT2D eigenvalue weighted by atomic mass is 9.99. The van der Waals surface area contributed by atoms with Gasteiger partial charge in [0.15, 0.2) is 27.3 Å². The molecule has 150 valence electrons. The molecule has 1 fully saturated rings. The van der Waals surface area contributed by atoms with Gasteiger partial charge in [0.2, 0.25) is 0 Å². The van der Waals surface area contributed by atoms with Gasteiger partial charge < -0.3 is 19.7 Å². The topological polar surface area (TPSA) is 80.2 Å². The second-order valence-electron chi connectivity index (χ2n) is 7.11. The molecule has 0 aliphatic carbocycles. The Balaban J connectivity index is 1.75. The minimum Gasteiger partial charge on any atom is -0.493 e. The van der Waals surface area contributed by atoms with Gasteiger partial charge in [-0.3, -0.25) is 4.99 Å². The van der Waals surface area contributed by atoms with Crippen LogP contribution in [0, 0.1) is 5.92 Å². The molecule has 27 heavy (non-hydrogen) atoms. The third-order valence-corrected chi connectivity index (χ3v) is 7.02. The number of benzene rings is 1. The van der Waals surface area contributed by atoms with Crippen LogP contribution in [0.2, 0.25) is 0 Å². The number of methoxy groups -OCH3 is 2. The number of hydrogen-bond acceptors (Lipinski definition) is 5. The van der Waals surface area contributed by atoms with Crippen LogP contribution in [0.1, 0.15) is 24.5 Å². The molecule has 1 N–H and O–H groups in total. The van der Waals surface area contributed by atoms with Crippen LogP contribution in [0.3, 0.4) is 0 Å². The summed E-state index contributed by atoms with van der Waals surface area (Å²) in [6.45, 7) is 4.97. The van der Waals surface area contributed by atoms with Crippen molar-refractivity contribution in [2.45, 2.75) is 26.3 Å². The van der Waals surface area contributed by atoms with Gasteiger partial charge in [-0.15, -0.1) is 0 Å². The van der Waals surface area contributed by atoms with E-state index in [4.69, 9.17) is 14.5 Å². The monoisotopic (exact) mass is 395 g/mol. The highest BCUT2D eigenvalue weighted by Gasteiger charge is 2.28. The molecule has 0 spiro atoms. The molecule has 8 heteroatoms. The van der Waals surface area contributed by atoms with Crippen molar-refractivity contribution in [2.24, 2.45) is 10.9 Å². The van der Waals surface area contributed by atoms with E-state index in [1.54, 1.807) is 14.2 Å². The van der Waals surface area contributed by atoms with Crippen LogP contribution in [0.25, 0.3) is 0 Å². The van der Waals surface area contributed by atoms with Gasteiger partial charge in [-0.25, -0.2) is 8.42 Å². The summed E-state index contributed by atoms with van der Waals surface area (Å²) in [7, 11) is 0.432. The fourth-order valence-electron chi connectivity index (χ4n) is 3.72. The third-order valence-electron chi connectivity index (χ3n) is 5.18. The van der Waals surface area contributed by atoms with Crippen LogP contribution in [0.4, 0.5) is 0 Å². The van der Waals surface area contributed by atoms with E-state index in [-0.39, 0.29) is 11.7 Å². The molecule has 0 radical (unpaired) electrons. The standard InChI is InChI=1S/C19H29N3O4S/c1-4-20-19(21-11-14-6-8-27(23,24)13-14)22-7-5-15-9-17(25-2)18(26-3)10-16(15)12-22/h9-10,14H,4-8,11-13H2,1-3H3,(H,20,21). The molecule has 0 bridgehead atoms. The molecule has 3 rings (SSSR count). The lowest BCUT2D eigenvalue weighted by Crippen LogP contribution is -2.44. The van der Waals surface area contributed by atoms with Crippen molar-refractivity contribution in [2.75, 3.05) is 45.4 Å². The lowest BCUT2D eigenvalue weighted by Gasteiger charge is -2.32. The molecule has 1 aromatic carbocycles. The number of nitrogens with zero attached hydrogens (tertiary/aromatic N) is 2. The summed E-state index contributed by atoms with van der Waals surface area (Å²) >= 11 is 0. The molecular weight excluding hydrogens is 366 g/mol. The zero-order valence-corrected chi connectivity index (χ0v) is 17.1. The third kappa shape index (κ3) is 4.66. The number of ether oxygens (including phenoxy) is 2. The molecule has 1 atom stereocenters. The van der Waals surface area contributed by atoms with E-state index in [2.05, 4.69) is 16.3 Å². The van der Waals surface area contributed by atoms with Gasteiger partial charge in [-0.05, 0) is 48.9 Å². The molecule has 1 aromatic rings. The average molecular weight is 396 g/mol. The molecule has 0 amide bonds. The number of hydrogen-bond donors (Lipinski definition) is 1. The van der Waals surface area contributed by atoms with Gasteiger partial charge in [0, 0.05) is 26.2 Å². The summed E-state index contributed by atoms with van der Waals surface area (Å²) in [4.78, 5) is 6.97. The SMILES string of the molecule is CCNC(=NCC1CCS(=O)(=O)C1)N1CCc2cc(OC)c(OC)cc2C1. The smallest absolute Gasteiger partial charge is 0.194 e. The van der Waals surface area contributed by atoms with E-state index in [0.29, 0.717) is 18.7 Å². The number of aliphatic imine (C=N–C) groups is 1. The maximum absolute atomic E-state index is 11.7. The molecule has 1 saturated heterocycles. The van der Waals surface area contributed by atoms with E-state index in [9.17, 15) is 8.42 Å². The van der Waals surface area contributed by atoms with Crippen molar-refractivity contribution in [1.82, 2.24) is 10.2 Å². The fraction of sp³-hybridized carbons (Fsp3) is 0.632. The van der Waals surface area contributed by atoms with E-state index >= 15 is 0 Å². The zero-order valence-electron chi connectivity index (χ0n) is 16.3. The summed E-state index contributed by atoms with van der Waals surface area (Å²) in [5.41, 5.74) is 2.47. The van der Waals surface area contributed by atoms with Crippen molar-refractivity contribution in [3.8, 4) is 11.5 Å². The van der Waals surface area contributed by atoms with Crippen LogP contribution in [-0.2, 0) is 22.8 Å². The summed E-state index contributed by atoms with van der Waals surface area (Å²) in [6, 6.07) is 4.09. The van der Waals surface area contributed by atoms with E-state index in [0.717, 1.165) is 43.5 Å². The Hall–Kier alpha value is -1.96. The maximum Gasteiger partial charge on any atom is 0.194 e. The second-order valence-corrected chi connectivity index (χ2v) is 9.34. The van der Waals surface area contributed by atoms with Gasteiger partial charge in [0.25, 0.3) is 0 Å². The fourth-order valence-corrected chi connectivity index (χ4v) is 5.57. The minimum absolute atomic E-state index is 0.130. The molecule has 1 unspecified atom stereocenters. The summed E-state index contributed by atoms with van der Waals surface area (Å²) < 4.78 is 34.2. The molecule has 2 heterocycles. The van der Waals surface area contributed by atoms with Crippen molar-refractivity contribution in [3.63, 3.8) is 0 Å². The summed E-state index contributed by atoms with van der Waals surface area (Å²) in [6.07, 6.45) is 1.61. The first kappa shape index (κ1) is 19.8. The highest BCUT2D eigenvalue weighted by molar-refractivity contribution is 7.91. The first-order valence-corrected chi connectivity index (χ1v) is 11.2. The van der Waals surface area contributed by atoms with Crippen LogP contribution in [-0.4, -0.2) is 64.6 Å². The van der Waals surface area contributed by atoms with Crippen molar-refractivity contribution in [3.05, 3.63) is 23.3 Å². The molecular formula is C19H29N3O4S. The van der Waals surface area contributed by atoms with Crippen molar-refractivity contribution >= 4 is 15.8 Å². The average Bonchev–Trinajstić information content (AvgIpc) is 3.02. The van der Waals surface area contributed by atoms with Gasteiger partial charge in [-0.2, -0.15) is 0 Å². The van der Waals surface area contributed by atoms with Gasteiger partial charge >= 0.3 is 0 Å². The Kier molecular flexibility index (Phi) is 6.14. The van der Waals surface area contributed by atoms with Crippen LogP contribution >= 0.6 is 0 Å². The first-order chi connectivity index (χ1) is 13.0. The first-order valence-electron chi connectivity index (χ1n) is 9.43. The molecule has 0 aromatic heterocycles. The Morgan fingerprint density at radius 2 is 1.96 bits per heavy atom. The molecule has 7 nitrogen and oxygen atoms in total. The van der Waals surface area contributed by atoms with Crippen molar-refractivity contribution < 1.29 is 17.9 Å². The Morgan fingerprint density at radius 1 is 1.26 bits per heavy atom. The zero-order chi connectivity index (χ0) is 19.4. The summed E-state index contributed by atoms with van der Waals surface area (Å²) in [5, 5.41) is 3.35. The van der Waals surface area contributed by atoms with Gasteiger partial charge in [0.1, 0.15) is 0 Å².